The van der Waals surface area contributed by atoms with Crippen LogP contribution in [0.25, 0.3) is 28.0 Å². The Bertz CT molecular complexity index is 1340. The second-order valence-corrected chi connectivity index (χ2v) is 7.90. The van der Waals surface area contributed by atoms with E-state index >= 15 is 0 Å². The van der Waals surface area contributed by atoms with Gasteiger partial charge in [0.2, 0.25) is 5.95 Å². The summed E-state index contributed by atoms with van der Waals surface area (Å²) in [4.78, 5) is 4.80. The van der Waals surface area contributed by atoms with Crippen LogP contribution in [0.1, 0.15) is 5.56 Å². The first-order valence-corrected chi connectivity index (χ1v) is 10.6. The minimum Gasteiger partial charge on any atom is -0.245 e. The molecule has 3 aromatic carbocycles. The third-order valence-corrected chi connectivity index (χ3v) is 5.36. The van der Waals surface area contributed by atoms with Crippen LogP contribution in [0, 0.1) is 0 Å². The third kappa shape index (κ3) is 4.25. The highest BCUT2D eigenvalue weighted by molar-refractivity contribution is 9.10. The van der Waals surface area contributed by atoms with Gasteiger partial charge in [-0.1, -0.05) is 88.7 Å². The molecule has 2 heterocycles. The van der Waals surface area contributed by atoms with Gasteiger partial charge >= 0.3 is 0 Å². The van der Waals surface area contributed by atoms with Crippen LogP contribution in [0.3, 0.4) is 0 Å². The standard InChI is InChI=1S/C25H18BrN5/c26-21-13-11-20(12-14-21)23-15-22-16-24(19-9-5-2-6-10-19)30-31(22)25(28-23)29-27-17-18-7-3-1-4-8-18/h1-17H,(H,28,29). The van der Waals surface area contributed by atoms with Crippen LogP contribution in [-0.2, 0) is 0 Å². The van der Waals surface area contributed by atoms with Gasteiger partial charge in [-0.05, 0) is 29.8 Å². The lowest BCUT2D eigenvalue weighted by molar-refractivity contribution is 0.925. The van der Waals surface area contributed by atoms with Crippen molar-refractivity contribution in [3.05, 3.63) is 107 Å². The molecular weight excluding hydrogens is 450 g/mol. The van der Waals surface area contributed by atoms with Crippen LogP contribution in [0.5, 0.6) is 0 Å². The lowest BCUT2D eigenvalue weighted by Crippen LogP contribution is -2.04. The first kappa shape index (κ1) is 19.2. The largest absolute Gasteiger partial charge is 0.245 e. The van der Waals surface area contributed by atoms with E-state index < -0.39 is 0 Å². The quantitative estimate of drug-likeness (QED) is 0.244. The summed E-state index contributed by atoms with van der Waals surface area (Å²) in [7, 11) is 0. The van der Waals surface area contributed by atoms with E-state index in [1.54, 1.807) is 10.7 Å². The van der Waals surface area contributed by atoms with Crippen molar-refractivity contribution in [2.24, 2.45) is 5.10 Å². The molecule has 0 radical (unpaired) electrons. The average molecular weight is 468 g/mol. The zero-order valence-electron chi connectivity index (χ0n) is 16.5. The Labute approximate surface area is 188 Å². The van der Waals surface area contributed by atoms with Crippen molar-refractivity contribution in [3.8, 4) is 22.5 Å². The summed E-state index contributed by atoms with van der Waals surface area (Å²) in [6.45, 7) is 0. The van der Waals surface area contributed by atoms with Gasteiger partial charge in [0.05, 0.1) is 23.1 Å². The Kier molecular flexibility index (Phi) is 5.29. The second kappa shape index (κ2) is 8.53. The van der Waals surface area contributed by atoms with Crippen LogP contribution in [0.15, 0.2) is 107 Å². The molecule has 0 fully saturated rings. The monoisotopic (exact) mass is 467 g/mol. The Hall–Kier alpha value is -3.77. The molecular formula is C25H18BrN5. The van der Waals surface area contributed by atoms with Crippen molar-refractivity contribution in [1.29, 1.82) is 0 Å². The molecule has 0 aliphatic rings. The molecule has 2 aromatic heterocycles. The number of aromatic nitrogens is 3. The molecule has 0 spiro atoms. The van der Waals surface area contributed by atoms with Gasteiger partial charge in [0.1, 0.15) is 0 Å². The maximum atomic E-state index is 4.80. The zero-order chi connectivity index (χ0) is 21.0. The minimum absolute atomic E-state index is 0.546. The molecule has 0 aliphatic carbocycles. The van der Waals surface area contributed by atoms with Crippen molar-refractivity contribution in [3.63, 3.8) is 0 Å². The fourth-order valence-corrected chi connectivity index (χ4v) is 3.56. The zero-order valence-corrected chi connectivity index (χ0v) is 18.1. The number of halogens is 1. The second-order valence-electron chi connectivity index (χ2n) is 6.98. The van der Waals surface area contributed by atoms with Gasteiger partial charge < -0.3 is 0 Å². The highest BCUT2D eigenvalue weighted by Crippen LogP contribution is 2.26. The van der Waals surface area contributed by atoms with Crippen LogP contribution < -0.4 is 5.43 Å². The van der Waals surface area contributed by atoms with Crippen molar-refractivity contribution in [2.75, 3.05) is 5.43 Å². The predicted molar refractivity (Wildman–Crippen MR) is 129 cm³/mol. The number of benzene rings is 3. The van der Waals surface area contributed by atoms with Gasteiger partial charge in [-0.2, -0.15) is 14.7 Å². The number of nitrogens with zero attached hydrogens (tertiary/aromatic N) is 4. The predicted octanol–water partition coefficient (Wildman–Crippen LogP) is 6.27. The lowest BCUT2D eigenvalue weighted by Gasteiger charge is -2.07. The van der Waals surface area contributed by atoms with E-state index in [1.165, 1.54) is 0 Å². The third-order valence-electron chi connectivity index (χ3n) is 4.84. The minimum atomic E-state index is 0.546. The summed E-state index contributed by atoms with van der Waals surface area (Å²) in [5.41, 5.74) is 8.80. The summed E-state index contributed by atoms with van der Waals surface area (Å²) in [5.74, 6) is 0.546. The van der Waals surface area contributed by atoms with Crippen molar-refractivity contribution in [2.45, 2.75) is 0 Å². The maximum absolute atomic E-state index is 4.80. The van der Waals surface area contributed by atoms with E-state index in [-0.39, 0.29) is 0 Å². The average Bonchev–Trinajstić information content (AvgIpc) is 3.25. The van der Waals surface area contributed by atoms with E-state index in [9.17, 15) is 0 Å². The molecule has 1 N–H and O–H groups in total. The summed E-state index contributed by atoms with van der Waals surface area (Å²) >= 11 is 3.49. The van der Waals surface area contributed by atoms with Gasteiger partial charge in [0, 0.05) is 15.6 Å². The van der Waals surface area contributed by atoms with Gasteiger partial charge in [-0.15, -0.1) is 0 Å². The number of fused-ring (bicyclic) bond motifs is 1. The summed E-state index contributed by atoms with van der Waals surface area (Å²) < 4.78 is 2.81. The fourth-order valence-electron chi connectivity index (χ4n) is 3.30. The van der Waals surface area contributed by atoms with Gasteiger partial charge in [-0.3, -0.25) is 0 Å². The SMILES string of the molecule is Brc1ccc(-c2cc3cc(-c4ccccc4)nn3c(NN=Cc3ccccc3)n2)cc1. The molecule has 31 heavy (non-hydrogen) atoms. The van der Waals surface area contributed by atoms with E-state index in [0.717, 1.165) is 38.1 Å². The lowest BCUT2D eigenvalue weighted by atomic mass is 10.1. The molecule has 150 valence electrons. The fraction of sp³-hybridized carbons (Fsp3) is 0. The first-order valence-electron chi connectivity index (χ1n) is 9.82. The van der Waals surface area contributed by atoms with Crippen LogP contribution in [-0.4, -0.2) is 20.8 Å². The molecule has 0 atom stereocenters. The van der Waals surface area contributed by atoms with Crippen LogP contribution in [0.2, 0.25) is 0 Å². The van der Waals surface area contributed by atoms with Crippen molar-refractivity contribution < 1.29 is 0 Å². The van der Waals surface area contributed by atoms with Crippen molar-refractivity contribution >= 4 is 33.6 Å². The smallest absolute Gasteiger partial charge is 0.245 e. The molecule has 0 unspecified atom stereocenters. The molecule has 0 aliphatic heterocycles. The molecule has 0 saturated carbocycles. The van der Waals surface area contributed by atoms with Crippen LogP contribution >= 0.6 is 15.9 Å². The first-order chi connectivity index (χ1) is 15.3. The molecule has 5 nitrogen and oxygen atoms in total. The summed E-state index contributed by atoms with van der Waals surface area (Å²) in [6, 6.07) is 32.2. The molecule has 5 aromatic rings. The highest BCUT2D eigenvalue weighted by Gasteiger charge is 2.12. The summed E-state index contributed by atoms with van der Waals surface area (Å²) in [6.07, 6.45) is 1.77. The van der Waals surface area contributed by atoms with E-state index in [2.05, 4.69) is 32.5 Å². The number of hydrogen-bond acceptors (Lipinski definition) is 4. The van der Waals surface area contributed by atoms with Crippen molar-refractivity contribution in [1.82, 2.24) is 14.6 Å². The Morgan fingerprint density at radius 2 is 1.42 bits per heavy atom. The number of hydrazone groups is 1. The molecule has 6 heteroatoms. The highest BCUT2D eigenvalue weighted by atomic mass is 79.9. The van der Waals surface area contributed by atoms with Gasteiger partial charge in [0.15, 0.2) is 0 Å². The Morgan fingerprint density at radius 3 is 2.16 bits per heavy atom. The number of anilines is 1. The molecule has 5 rings (SSSR count). The number of nitrogens with one attached hydrogen (secondary N) is 1. The Morgan fingerprint density at radius 1 is 0.774 bits per heavy atom. The van der Waals surface area contributed by atoms with E-state index in [0.29, 0.717) is 5.95 Å². The maximum Gasteiger partial charge on any atom is 0.245 e. The molecule has 0 saturated heterocycles. The molecule has 0 bridgehead atoms. The normalized spacial score (nSPS) is 11.3. The van der Waals surface area contributed by atoms with E-state index in [4.69, 9.17) is 10.1 Å². The van der Waals surface area contributed by atoms with E-state index in [1.807, 2.05) is 91.0 Å². The van der Waals surface area contributed by atoms with Crippen LogP contribution in [0.4, 0.5) is 5.95 Å². The molecule has 0 amide bonds. The summed E-state index contributed by atoms with van der Waals surface area (Å²) in [5, 5.41) is 9.15. The Balaban J connectivity index is 1.58. The topological polar surface area (TPSA) is 54.6 Å². The van der Waals surface area contributed by atoms with Gasteiger partial charge in [-0.25, -0.2) is 10.4 Å². The number of hydrogen-bond donors (Lipinski definition) is 1. The number of rotatable bonds is 5. The van der Waals surface area contributed by atoms with Gasteiger partial charge in [0.25, 0.3) is 0 Å².